The third kappa shape index (κ3) is 6.81. The summed E-state index contributed by atoms with van der Waals surface area (Å²) in [6, 6.07) is 6.04. The molecule has 0 bridgehead atoms. The lowest BCUT2D eigenvalue weighted by atomic mass is 9.73. The van der Waals surface area contributed by atoms with Gasteiger partial charge in [-0.15, -0.1) is 0 Å². The third-order valence-corrected chi connectivity index (χ3v) is 7.76. The quantitative estimate of drug-likeness (QED) is 0.340. The maximum absolute atomic E-state index is 12.3. The molecular formula is C28H42O5. The summed E-state index contributed by atoms with van der Waals surface area (Å²) < 4.78 is 11.3. The van der Waals surface area contributed by atoms with Crippen LogP contribution in [0.5, 0.6) is 5.75 Å². The van der Waals surface area contributed by atoms with Gasteiger partial charge in [0, 0.05) is 12.8 Å². The van der Waals surface area contributed by atoms with Gasteiger partial charge in [0.15, 0.2) is 6.61 Å². The van der Waals surface area contributed by atoms with E-state index >= 15 is 0 Å². The van der Waals surface area contributed by atoms with Crippen molar-refractivity contribution in [3.05, 3.63) is 29.3 Å². The van der Waals surface area contributed by atoms with E-state index in [1.54, 1.807) is 0 Å². The topological polar surface area (TPSA) is 72.8 Å². The second kappa shape index (κ2) is 12.0. The Morgan fingerprint density at radius 1 is 1.12 bits per heavy atom. The Morgan fingerprint density at radius 3 is 2.64 bits per heavy atom. The highest BCUT2D eigenvalue weighted by molar-refractivity contribution is 5.78. The number of benzene rings is 1. The number of fused-ring (bicyclic) bond motifs is 2. The van der Waals surface area contributed by atoms with E-state index in [2.05, 4.69) is 13.0 Å². The van der Waals surface area contributed by atoms with Crippen LogP contribution in [0.2, 0.25) is 0 Å². The van der Waals surface area contributed by atoms with Crippen LogP contribution in [0.4, 0.5) is 0 Å². The summed E-state index contributed by atoms with van der Waals surface area (Å²) >= 11 is 0. The molecule has 1 aromatic carbocycles. The van der Waals surface area contributed by atoms with Crippen molar-refractivity contribution in [2.75, 3.05) is 6.61 Å². The van der Waals surface area contributed by atoms with Crippen molar-refractivity contribution in [1.82, 2.24) is 0 Å². The van der Waals surface area contributed by atoms with Gasteiger partial charge in [-0.1, -0.05) is 45.7 Å². The number of esters is 1. The van der Waals surface area contributed by atoms with Crippen LogP contribution in [0.25, 0.3) is 0 Å². The molecule has 184 valence electrons. The van der Waals surface area contributed by atoms with Crippen molar-refractivity contribution < 1.29 is 24.2 Å². The first-order chi connectivity index (χ1) is 15.8. The molecule has 0 aromatic heterocycles. The smallest absolute Gasteiger partial charge is 0.344 e. The summed E-state index contributed by atoms with van der Waals surface area (Å²) in [4.78, 5) is 24.4. The Morgan fingerprint density at radius 2 is 1.91 bits per heavy atom. The number of aliphatic hydroxyl groups is 1. The number of ether oxygens (including phenoxy) is 2. The lowest BCUT2D eigenvalue weighted by molar-refractivity contribution is -0.152. The van der Waals surface area contributed by atoms with E-state index in [0.717, 1.165) is 56.3 Å². The van der Waals surface area contributed by atoms with E-state index in [0.29, 0.717) is 30.5 Å². The Kier molecular flexibility index (Phi) is 9.37. The van der Waals surface area contributed by atoms with Gasteiger partial charge in [0.1, 0.15) is 17.6 Å². The molecule has 0 radical (unpaired) electrons. The number of Topliss-reactive ketones (excluding diaryl/α,β-unsaturated/α-hetero) is 1. The predicted molar refractivity (Wildman–Crippen MR) is 129 cm³/mol. The molecule has 0 heterocycles. The number of carbonyl (C=O) groups is 2. The summed E-state index contributed by atoms with van der Waals surface area (Å²) in [6.07, 6.45) is 7.32. The molecule has 0 amide bonds. The molecule has 5 nitrogen and oxygen atoms in total. The normalized spacial score (nSPS) is 24.8. The zero-order valence-electron chi connectivity index (χ0n) is 20.8. The number of unbranched alkanes of at least 4 members (excludes halogenated alkanes) is 2. The highest BCUT2D eigenvalue weighted by atomic mass is 16.6. The maximum Gasteiger partial charge on any atom is 0.344 e. The monoisotopic (exact) mass is 458 g/mol. The summed E-state index contributed by atoms with van der Waals surface area (Å²) in [7, 11) is 0. The van der Waals surface area contributed by atoms with E-state index in [-0.39, 0.29) is 36.6 Å². The molecule has 33 heavy (non-hydrogen) atoms. The second-order valence-corrected chi connectivity index (χ2v) is 10.5. The van der Waals surface area contributed by atoms with E-state index in [4.69, 9.17) is 9.47 Å². The first-order valence-electron chi connectivity index (χ1n) is 12.9. The van der Waals surface area contributed by atoms with Crippen LogP contribution in [0.15, 0.2) is 18.2 Å². The standard InChI is InChI=1S/C28H42O5/c1-5-6-7-10-22(29)12-13-23-24-14-20-9-8-11-27(25(20)15-21(24)16-26(23)30)32-17-28(31)33-19(4)18(2)3/h8-9,11,18-19,21,23-24,26,30H,5-7,10,12-17H2,1-4H3/t19-,21-,23+,24-,26+/m0/s1. The minimum atomic E-state index is -0.345. The Labute approximate surface area is 199 Å². The second-order valence-electron chi connectivity index (χ2n) is 10.5. The molecule has 5 atom stereocenters. The van der Waals surface area contributed by atoms with Gasteiger partial charge in [-0.3, -0.25) is 4.79 Å². The largest absolute Gasteiger partial charge is 0.482 e. The number of aliphatic hydroxyl groups excluding tert-OH is 1. The van der Waals surface area contributed by atoms with Crippen molar-refractivity contribution in [3.63, 3.8) is 0 Å². The molecule has 1 N–H and O–H groups in total. The lowest BCUT2D eigenvalue weighted by Gasteiger charge is -2.32. The fraction of sp³-hybridized carbons (Fsp3) is 0.714. The third-order valence-electron chi connectivity index (χ3n) is 7.76. The van der Waals surface area contributed by atoms with Crippen molar-refractivity contribution in [2.45, 2.75) is 97.7 Å². The number of hydrogen-bond acceptors (Lipinski definition) is 5. The Hall–Kier alpha value is -1.88. The molecule has 2 aliphatic rings. The van der Waals surface area contributed by atoms with Crippen LogP contribution in [0.1, 0.15) is 83.8 Å². The van der Waals surface area contributed by atoms with Gasteiger partial charge in [-0.2, -0.15) is 0 Å². The number of ketones is 1. The summed E-state index contributed by atoms with van der Waals surface area (Å²) in [5.74, 6) is 2.00. The van der Waals surface area contributed by atoms with Crippen LogP contribution in [-0.2, 0) is 27.2 Å². The van der Waals surface area contributed by atoms with Gasteiger partial charge >= 0.3 is 5.97 Å². The van der Waals surface area contributed by atoms with Crippen LogP contribution < -0.4 is 4.74 Å². The molecule has 1 fully saturated rings. The van der Waals surface area contributed by atoms with Crippen LogP contribution in [0.3, 0.4) is 0 Å². The Balaban J connectivity index is 1.59. The van der Waals surface area contributed by atoms with Crippen LogP contribution in [0, 0.1) is 23.7 Å². The SMILES string of the molecule is CCCCCC(=O)CC[C@@H]1[C@H]2Cc3cccc(OCC(=O)O[C@@H](C)C(C)C)c3C[C@H]2C[C@H]1O. The van der Waals surface area contributed by atoms with Crippen LogP contribution >= 0.6 is 0 Å². The fourth-order valence-electron chi connectivity index (χ4n) is 5.48. The average Bonchev–Trinajstić information content (AvgIpc) is 3.08. The minimum absolute atomic E-state index is 0.0903. The van der Waals surface area contributed by atoms with Gasteiger partial charge in [-0.05, 0) is 79.9 Å². The highest BCUT2D eigenvalue weighted by Crippen LogP contribution is 2.48. The van der Waals surface area contributed by atoms with E-state index < -0.39 is 0 Å². The van der Waals surface area contributed by atoms with Gasteiger partial charge in [0.25, 0.3) is 0 Å². The zero-order chi connectivity index (χ0) is 24.0. The van der Waals surface area contributed by atoms with Crippen molar-refractivity contribution in [2.24, 2.45) is 23.7 Å². The Bertz CT molecular complexity index is 801. The summed E-state index contributed by atoms with van der Waals surface area (Å²) in [5.41, 5.74) is 2.40. The van der Waals surface area contributed by atoms with Crippen LogP contribution in [-0.4, -0.2) is 35.7 Å². The molecule has 0 saturated heterocycles. The van der Waals surface area contributed by atoms with E-state index in [1.165, 1.54) is 5.56 Å². The summed E-state index contributed by atoms with van der Waals surface area (Å²) in [5, 5.41) is 10.8. The van der Waals surface area contributed by atoms with Gasteiger partial charge in [0.05, 0.1) is 6.10 Å². The number of rotatable bonds is 12. The van der Waals surface area contributed by atoms with Gasteiger partial charge in [0.2, 0.25) is 0 Å². The molecule has 1 saturated carbocycles. The lowest BCUT2D eigenvalue weighted by Crippen LogP contribution is -2.28. The first-order valence-corrected chi connectivity index (χ1v) is 12.9. The molecular weight excluding hydrogens is 416 g/mol. The maximum atomic E-state index is 12.3. The van der Waals surface area contributed by atoms with Crippen molar-refractivity contribution in [1.29, 1.82) is 0 Å². The zero-order valence-corrected chi connectivity index (χ0v) is 20.8. The number of hydrogen-bond donors (Lipinski definition) is 1. The van der Waals surface area contributed by atoms with Crippen molar-refractivity contribution >= 4 is 11.8 Å². The molecule has 5 heteroatoms. The van der Waals surface area contributed by atoms with Gasteiger partial charge in [-0.25, -0.2) is 4.79 Å². The first kappa shape index (κ1) is 25.7. The molecule has 1 aromatic rings. The molecule has 0 spiro atoms. The minimum Gasteiger partial charge on any atom is -0.482 e. The molecule has 0 unspecified atom stereocenters. The van der Waals surface area contributed by atoms with Crippen molar-refractivity contribution in [3.8, 4) is 5.75 Å². The summed E-state index contributed by atoms with van der Waals surface area (Å²) in [6.45, 7) is 8.00. The van der Waals surface area contributed by atoms with E-state index in [1.807, 2.05) is 32.9 Å². The predicted octanol–water partition coefficient (Wildman–Crippen LogP) is 5.29. The fourth-order valence-corrected chi connectivity index (χ4v) is 5.48. The van der Waals surface area contributed by atoms with E-state index in [9.17, 15) is 14.7 Å². The van der Waals surface area contributed by atoms with Gasteiger partial charge < -0.3 is 14.6 Å². The average molecular weight is 459 g/mol. The molecule has 0 aliphatic heterocycles. The molecule has 2 aliphatic carbocycles. The highest BCUT2D eigenvalue weighted by Gasteiger charge is 2.44. The molecule has 3 rings (SSSR count). The number of carbonyl (C=O) groups excluding carboxylic acids is 2.